The average molecular weight is 464 g/mol. The predicted octanol–water partition coefficient (Wildman–Crippen LogP) is 2.13. The smallest absolute Gasteiger partial charge is 0.248 e. The number of rotatable bonds is 9. The summed E-state index contributed by atoms with van der Waals surface area (Å²) in [5, 5.41) is 6.29. The quantitative estimate of drug-likeness (QED) is 0.134. The van der Waals surface area contributed by atoms with Gasteiger partial charge in [-0.25, -0.2) is 4.99 Å². The van der Waals surface area contributed by atoms with Crippen molar-refractivity contribution in [1.82, 2.24) is 15.5 Å². The summed E-state index contributed by atoms with van der Waals surface area (Å²) in [5.41, 5.74) is 18.6. The molecule has 180 valence electrons. The van der Waals surface area contributed by atoms with Gasteiger partial charge in [0.2, 0.25) is 5.91 Å². The first-order valence-electron chi connectivity index (χ1n) is 10.3. The number of carbonyl (C=O) groups excluding carboxylic acids is 1. The van der Waals surface area contributed by atoms with E-state index >= 15 is 0 Å². The van der Waals surface area contributed by atoms with Gasteiger partial charge in [0, 0.05) is 44.0 Å². The number of amides is 1. The van der Waals surface area contributed by atoms with Gasteiger partial charge in [0.1, 0.15) is 5.84 Å². The summed E-state index contributed by atoms with van der Waals surface area (Å²) < 4.78 is 0. The highest BCUT2D eigenvalue weighted by Gasteiger charge is 2.08. The monoisotopic (exact) mass is 463 g/mol. The molecule has 0 aromatic rings. The zero-order valence-corrected chi connectivity index (χ0v) is 20.9. The van der Waals surface area contributed by atoms with Crippen molar-refractivity contribution in [1.29, 1.82) is 0 Å². The Morgan fingerprint density at radius 1 is 1.44 bits per heavy atom. The molecule has 0 unspecified atom stereocenters. The molecule has 0 saturated heterocycles. The zero-order chi connectivity index (χ0) is 24.9. The molecule has 1 atom stereocenters. The fourth-order valence-electron chi connectivity index (χ4n) is 2.11. The minimum absolute atomic E-state index is 0.343. The first-order valence-corrected chi connectivity index (χ1v) is 10.8. The largest absolute Gasteiger partial charge is 0.394 e. The Morgan fingerprint density at radius 2 is 2.09 bits per heavy atom. The van der Waals surface area contributed by atoms with Crippen molar-refractivity contribution in [2.24, 2.45) is 22.2 Å². The summed E-state index contributed by atoms with van der Waals surface area (Å²) in [5.74, 6) is -0.0160. The van der Waals surface area contributed by atoms with Crippen LogP contribution in [0.5, 0.6) is 0 Å². The van der Waals surface area contributed by atoms with Crippen LogP contribution in [0.3, 0.4) is 0 Å². The maximum Gasteiger partial charge on any atom is 0.248 e. The first-order chi connectivity index (χ1) is 15.1. The van der Waals surface area contributed by atoms with Crippen LogP contribution in [0.15, 0.2) is 77.4 Å². The molecule has 9 heteroatoms. The van der Waals surface area contributed by atoms with Gasteiger partial charge in [-0.15, -0.1) is 0 Å². The van der Waals surface area contributed by atoms with Crippen molar-refractivity contribution in [2.75, 3.05) is 27.2 Å². The number of aliphatic imine (C=N–C) groups is 1. The zero-order valence-electron chi connectivity index (χ0n) is 20.0. The summed E-state index contributed by atoms with van der Waals surface area (Å²) in [6, 6.07) is 0. The van der Waals surface area contributed by atoms with E-state index in [4.69, 9.17) is 17.2 Å². The summed E-state index contributed by atoms with van der Waals surface area (Å²) in [6.45, 7) is 11.2. The minimum Gasteiger partial charge on any atom is -0.394 e. The van der Waals surface area contributed by atoms with Crippen molar-refractivity contribution < 1.29 is 4.79 Å². The fourth-order valence-corrected chi connectivity index (χ4v) is 2.29. The van der Waals surface area contributed by atoms with Gasteiger partial charge >= 0.3 is 0 Å². The maximum absolute atomic E-state index is 11.1. The number of hydrogen-bond acceptors (Lipinski definition) is 8. The van der Waals surface area contributed by atoms with Crippen LogP contribution in [0.1, 0.15) is 27.2 Å². The number of allylic oxidation sites excluding steroid dienone is 4. The molecule has 1 amide bonds. The number of primary amides is 1. The number of carbonyl (C=O) groups is 1. The van der Waals surface area contributed by atoms with E-state index in [-0.39, 0.29) is 0 Å². The SMILES string of the molecule is C=C/C=C(\C=C/C/C=C1\C(N)=NC=CN1C)C(N)=O.CCN[C@H](C)S.CN/C=C(\C)CN. The first kappa shape index (κ1) is 31.4. The van der Waals surface area contributed by atoms with Crippen molar-refractivity contribution >= 4 is 24.4 Å². The van der Waals surface area contributed by atoms with E-state index in [0.29, 0.717) is 29.7 Å². The van der Waals surface area contributed by atoms with Crippen molar-refractivity contribution in [2.45, 2.75) is 32.6 Å². The molecule has 8 nitrogen and oxygen atoms in total. The Balaban J connectivity index is 0. The van der Waals surface area contributed by atoms with Gasteiger partial charge in [-0.2, -0.15) is 12.6 Å². The molecule has 0 aliphatic carbocycles. The molecule has 32 heavy (non-hydrogen) atoms. The third-order valence-electron chi connectivity index (χ3n) is 3.69. The van der Waals surface area contributed by atoms with Gasteiger partial charge in [-0.05, 0) is 38.6 Å². The van der Waals surface area contributed by atoms with Crippen molar-refractivity contribution in [3.8, 4) is 0 Å². The number of hydrogen-bond donors (Lipinski definition) is 6. The topological polar surface area (TPSA) is 135 Å². The lowest BCUT2D eigenvalue weighted by molar-refractivity contribution is -0.114. The molecule has 0 aromatic heterocycles. The standard InChI is InChI=1S/C14H18N4O.C5H12N2.C4H11NS/c1-3-6-11(14(16)19)7-4-5-8-12-13(15)17-9-10-18(12)2;1-5(3-6)4-7-2;1-3-5-4(2)6/h3-4,6-10H,1,5H2,2H3,(H2,15,17)(H2,16,19);4,7H,3,6H2,1-2H3;4-6H,3H2,1-2H3/b7-4-,11-6+,12-8+;5-4+;/t;;4-/m..0/s1. The third-order valence-corrected chi connectivity index (χ3v) is 3.87. The molecule has 1 aliphatic rings. The molecule has 0 spiro atoms. The van der Waals surface area contributed by atoms with E-state index in [2.05, 4.69) is 41.8 Å². The number of amidine groups is 1. The van der Waals surface area contributed by atoms with Crippen LogP contribution < -0.4 is 27.8 Å². The average Bonchev–Trinajstić information content (AvgIpc) is 2.72. The van der Waals surface area contributed by atoms with Crippen LogP contribution in [0.4, 0.5) is 0 Å². The summed E-state index contributed by atoms with van der Waals surface area (Å²) in [6.07, 6.45) is 14.5. The predicted molar refractivity (Wildman–Crippen MR) is 142 cm³/mol. The van der Waals surface area contributed by atoms with E-state index in [1.54, 1.807) is 18.4 Å². The van der Waals surface area contributed by atoms with Crippen LogP contribution in [0.25, 0.3) is 0 Å². The van der Waals surface area contributed by atoms with Gasteiger partial charge in [0.15, 0.2) is 0 Å². The van der Waals surface area contributed by atoms with E-state index < -0.39 is 5.91 Å². The van der Waals surface area contributed by atoms with Crippen LogP contribution in [0.2, 0.25) is 0 Å². The Morgan fingerprint density at radius 3 is 2.47 bits per heavy atom. The molecule has 0 bridgehead atoms. The lowest BCUT2D eigenvalue weighted by Gasteiger charge is -2.20. The molecule has 0 fully saturated rings. The number of thiol groups is 1. The molecule has 0 saturated carbocycles. The fraction of sp³-hybridized carbons (Fsp3) is 0.391. The van der Waals surface area contributed by atoms with Crippen molar-refractivity contribution in [3.05, 3.63) is 72.4 Å². The highest BCUT2D eigenvalue weighted by molar-refractivity contribution is 7.80. The summed E-state index contributed by atoms with van der Waals surface area (Å²) in [7, 11) is 3.75. The molecule has 1 heterocycles. The normalized spacial score (nSPS) is 15.9. The number of nitrogens with zero attached hydrogens (tertiary/aromatic N) is 2. The molecule has 1 aliphatic heterocycles. The lowest BCUT2D eigenvalue weighted by atomic mass is 10.2. The van der Waals surface area contributed by atoms with Gasteiger partial charge < -0.3 is 32.7 Å². The molecular formula is C23H41N7OS. The second-order valence-electron chi connectivity index (χ2n) is 6.59. The Bertz CT molecular complexity index is 735. The minimum atomic E-state index is -0.484. The Kier molecular flexibility index (Phi) is 19.8. The molecular weight excluding hydrogens is 422 g/mol. The highest BCUT2D eigenvalue weighted by atomic mass is 32.1. The van der Waals surface area contributed by atoms with E-state index in [1.807, 2.05) is 57.4 Å². The van der Waals surface area contributed by atoms with E-state index in [9.17, 15) is 4.79 Å². The highest BCUT2D eigenvalue weighted by Crippen LogP contribution is 2.09. The number of nitrogens with two attached hydrogens (primary N) is 3. The van der Waals surface area contributed by atoms with Crippen molar-refractivity contribution in [3.63, 3.8) is 0 Å². The third kappa shape index (κ3) is 17.0. The van der Waals surface area contributed by atoms with Crippen LogP contribution in [-0.2, 0) is 4.79 Å². The van der Waals surface area contributed by atoms with E-state index in [1.165, 1.54) is 11.6 Å². The van der Waals surface area contributed by atoms with E-state index in [0.717, 1.165) is 12.2 Å². The molecule has 1 rings (SSSR count). The molecule has 0 aromatic carbocycles. The van der Waals surface area contributed by atoms with Gasteiger partial charge in [-0.1, -0.05) is 43.9 Å². The van der Waals surface area contributed by atoms with Crippen LogP contribution in [0, 0.1) is 0 Å². The van der Waals surface area contributed by atoms with Gasteiger partial charge in [0.25, 0.3) is 0 Å². The van der Waals surface area contributed by atoms with Crippen LogP contribution in [-0.4, -0.2) is 49.2 Å². The Hall–Kier alpha value is -2.75. The molecule has 8 N–H and O–H groups in total. The Labute approximate surface area is 199 Å². The second kappa shape index (κ2) is 20.2. The van der Waals surface area contributed by atoms with Crippen LogP contribution >= 0.6 is 12.6 Å². The van der Waals surface area contributed by atoms with Gasteiger partial charge in [-0.3, -0.25) is 4.79 Å². The summed E-state index contributed by atoms with van der Waals surface area (Å²) >= 11 is 4.07. The number of nitrogens with one attached hydrogen (secondary N) is 2. The van der Waals surface area contributed by atoms with Gasteiger partial charge in [0.05, 0.1) is 5.70 Å². The molecule has 0 radical (unpaired) electrons. The summed E-state index contributed by atoms with van der Waals surface area (Å²) in [4.78, 5) is 17.0. The second-order valence-corrected chi connectivity index (χ2v) is 7.36. The number of likely N-dealkylation sites (N-methyl/N-ethyl adjacent to an activating group) is 1. The maximum atomic E-state index is 11.1. The lowest BCUT2D eigenvalue weighted by Crippen LogP contribution is -2.27.